The number of benzene rings is 1. The van der Waals surface area contributed by atoms with E-state index in [1.54, 1.807) is 10.9 Å². The summed E-state index contributed by atoms with van der Waals surface area (Å²) in [5.74, 6) is -0.441. The minimum atomic E-state index is -0.610. The van der Waals surface area contributed by atoms with Gasteiger partial charge in [-0.15, -0.1) is 0 Å². The second-order valence-electron chi connectivity index (χ2n) is 4.81. The standard InChI is InChI=1S/C14H17BrN4O/c1-9(2)19-8-10(7-17-19)13(14(16)20)18-12-6-4-3-5-11(12)15/h3-9,13,18H,1-2H3,(H2,16,20). The zero-order chi connectivity index (χ0) is 14.7. The van der Waals surface area contributed by atoms with Gasteiger partial charge in [0.25, 0.3) is 0 Å². The number of anilines is 1. The summed E-state index contributed by atoms with van der Waals surface area (Å²) in [4.78, 5) is 11.7. The van der Waals surface area contributed by atoms with Crippen LogP contribution in [0.1, 0.15) is 31.5 Å². The summed E-state index contributed by atoms with van der Waals surface area (Å²) in [5.41, 5.74) is 7.06. The van der Waals surface area contributed by atoms with Crippen LogP contribution in [0.15, 0.2) is 41.1 Å². The van der Waals surface area contributed by atoms with Crippen LogP contribution >= 0.6 is 15.9 Å². The molecule has 3 N–H and O–H groups in total. The molecule has 5 nitrogen and oxygen atoms in total. The molecule has 1 atom stereocenters. The Balaban J connectivity index is 2.27. The number of carbonyl (C=O) groups is 1. The third kappa shape index (κ3) is 3.19. The molecule has 0 radical (unpaired) electrons. The minimum Gasteiger partial charge on any atom is -0.369 e. The molecule has 1 heterocycles. The van der Waals surface area contributed by atoms with Crippen molar-refractivity contribution in [2.24, 2.45) is 5.73 Å². The van der Waals surface area contributed by atoms with Crippen molar-refractivity contribution in [2.45, 2.75) is 25.9 Å². The van der Waals surface area contributed by atoms with Crippen LogP contribution in [0.5, 0.6) is 0 Å². The Morgan fingerprint density at radius 1 is 1.40 bits per heavy atom. The zero-order valence-corrected chi connectivity index (χ0v) is 13.0. The van der Waals surface area contributed by atoms with Crippen molar-refractivity contribution in [3.63, 3.8) is 0 Å². The summed E-state index contributed by atoms with van der Waals surface area (Å²) in [6, 6.07) is 7.21. The van der Waals surface area contributed by atoms with Crippen LogP contribution in [0.4, 0.5) is 5.69 Å². The molecule has 0 fully saturated rings. The number of rotatable bonds is 5. The fourth-order valence-corrected chi connectivity index (χ4v) is 2.24. The topological polar surface area (TPSA) is 72.9 Å². The van der Waals surface area contributed by atoms with E-state index in [-0.39, 0.29) is 6.04 Å². The molecule has 0 aliphatic heterocycles. The lowest BCUT2D eigenvalue weighted by molar-refractivity contribution is -0.118. The maximum absolute atomic E-state index is 11.7. The average Bonchev–Trinajstić information content (AvgIpc) is 2.87. The zero-order valence-electron chi connectivity index (χ0n) is 11.4. The smallest absolute Gasteiger partial charge is 0.244 e. The Kier molecular flexibility index (Phi) is 4.44. The van der Waals surface area contributed by atoms with Crippen molar-refractivity contribution in [1.82, 2.24) is 9.78 Å². The molecule has 0 bridgehead atoms. The van der Waals surface area contributed by atoms with Gasteiger partial charge in [-0.05, 0) is 41.9 Å². The number of aromatic nitrogens is 2. The van der Waals surface area contributed by atoms with Gasteiger partial charge in [-0.1, -0.05) is 12.1 Å². The lowest BCUT2D eigenvalue weighted by atomic mass is 10.1. The highest BCUT2D eigenvalue weighted by atomic mass is 79.9. The van der Waals surface area contributed by atoms with Gasteiger partial charge in [0.05, 0.1) is 6.20 Å². The summed E-state index contributed by atoms with van der Waals surface area (Å²) in [6.07, 6.45) is 3.50. The Labute approximate surface area is 126 Å². The second kappa shape index (κ2) is 6.09. The van der Waals surface area contributed by atoms with E-state index in [0.717, 1.165) is 15.7 Å². The van der Waals surface area contributed by atoms with Crippen molar-refractivity contribution in [3.8, 4) is 0 Å². The molecule has 6 heteroatoms. The monoisotopic (exact) mass is 336 g/mol. The number of nitrogens with two attached hydrogens (primary N) is 1. The van der Waals surface area contributed by atoms with Crippen molar-refractivity contribution < 1.29 is 4.79 Å². The molecule has 0 spiro atoms. The van der Waals surface area contributed by atoms with Crippen LogP contribution < -0.4 is 11.1 Å². The average molecular weight is 337 g/mol. The number of primary amides is 1. The molecule has 1 aromatic carbocycles. The molecular weight excluding hydrogens is 320 g/mol. The van der Waals surface area contributed by atoms with Gasteiger partial charge in [-0.3, -0.25) is 9.48 Å². The SMILES string of the molecule is CC(C)n1cc(C(Nc2ccccc2Br)C(N)=O)cn1. The molecule has 0 saturated carbocycles. The predicted molar refractivity (Wildman–Crippen MR) is 82.3 cm³/mol. The number of hydrogen-bond acceptors (Lipinski definition) is 3. The van der Waals surface area contributed by atoms with Crippen molar-refractivity contribution in [2.75, 3.05) is 5.32 Å². The van der Waals surface area contributed by atoms with Gasteiger partial charge >= 0.3 is 0 Å². The minimum absolute atomic E-state index is 0.237. The van der Waals surface area contributed by atoms with Crippen LogP contribution in [-0.4, -0.2) is 15.7 Å². The van der Waals surface area contributed by atoms with Crippen molar-refractivity contribution >= 4 is 27.5 Å². The normalized spacial score (nSPS) is 12.4. The predicted octanol–water partition coefficient (Wildman–Crippen LogP) is 2.87. The van der Waals surface area contributed by atoms with Crippen LogP contribution in [0.2, 0.25) is 0 Å². The number of hydrogen-bond donors (Lipinski definition) is 2. The molecule has 1 amide bonds. The van der Waals surface area contributed by atoms with E-state index < -0.39 is 11.9 Å². The molecule has 20 heavy (non-hydrogen) atoms. The first kappa shape index (κ1) is 14.6. The Morgan fingerprint density at radius 2 is 2.10 bits per heavy atom. The Morgan fingerprint density at radius 3 is 2.65 bits per heavy atom. The van der Waals surface area contributed by atoms with Crippen LogP contribution in [0, 0.1) is 0 Å². The quantitative estimate of drug-likeness (QED) is 0.881. The first-order valence-electron chi connectivity index (χ1n) is 6.33. The summed E-state index contributed by atoms with van der Waals surface area (Å²) >= 11 is 3.44. The van der Waals surface area contributed by atoms with Gasteiger partial charge in [0.2, 0.25) is 5.91 Å². The molecule has 0 aliphatic carbocycles. The van der Waals surface area contributed by atoms with Gasteiger partial charge in [0.1, 0.15) is 6.04 Å². The molecular formula is C14H17BrN4O. The number of carbonyl (C=O) groups excluding carboxylic acids is 1. The van der Waals surface area contributed by atoms with Crippen LogP contribution in [-0.2, 0) is 4.79 Å². The van der Waals surface area contributed by atoms with E-state index in [1.807, 2.05) is 44.3 Å². The third-order valence-corrected chi connectivity index (χ3v) is 3.63. The molecule has 0 aliphatic rings. The first-order chi connectivity index (χ1) is 9.49. The maximum Gasteiger partial charge on any atom is 0.244 e. The van der Waals surface area contributed by atoms with Gasteiger partial charge in [0.15, 0.2) is 0 Å². The highest BCUT2D eigenvalue weighted by Gasteiger charge is 2.20. The molecule has 0 saturated heterocycles. The van der Waals surface area contributed by atoms with E-state index in [2.05, 4.69) is 26.3 Å². The third-order valence-electron chi connectivity index (χ3n) is 2.94. The molecule has 1 aromatic heterocycles. The van der Waals surface area contributed by atoms with Gasteiger partial charge in [0, 0.05) is 28.0 Å². The lowest BCUT2D eigenvalue weighted by Gasteiger charge is -2.16. The summed E-state index contributed by atoms with van der Waals surface area (Å²) in [6.45, 7) is 4.05. The fraction of sp³-hybridized carbons (Fsp3) is 0.286. The maximum atomic E-state index is 11.7. The van der Waals surface area contributed by atoms with Crippen molar-refractivity contribution in [3.05, 3.63) is 46.7 Å². The number of amides is 1. The lowest BCUT2D eigenvalue weighted by Crippen LogP contribution is -2.27. The fourth-order valence-electron chi connectivity index (χ4n) is 1.84. The summed E-state index contributed by atoms with van der Waals surface area (Å²) in [7, 11) is 0. The highest BCUT2D eigenvalue weighted by molar-refractivity contribution is 9.10. The Bertz CT molecular complexity index is 609. The number of halogens is 1. The summed E-state index contributed by atoms with van der Waals surface area (Å²) in [5, 5.41) is 7.38. The number of para-hydroxylation sites is 1. The molecule has 106 valence electrons. The van der Waals surface area contributed by atoms with Crippen LogP contribution in [0.3, 0.4) is 0 Å². The Hall–Kier alpha value is -1.82. The summed E-state index contributed by atoms with van der Waals surface area (Å²) < 4.78 is 2.68. The van der Waals surface area contributed by atoms with Crippen molar-refractivity contribution in [1.29, 1.82) is 0 Å². The molecule has 2 aromatic rings. The van der Waals surface area contributed by atoms with Gasteiger partial charge in [-0.25, -0.2) is 0 Å². The number of nitrogens with zero attached hydrogens (tertiary/aromatic N) is 2. The molecule has 1 unspecified atom stereocenters. The van der Waals surface area contributed by atoms with E-state index in [9.17, 15) is 4.79 Å². The number of nitrogens with one attached hydrogen (secondary N) is 1. The van der Waals surface area contributed by atoms with Gasteiger partial charge in [-0.2, -0.15) is 5.10 Å². The first-order valence-corrected chi connectivity index (χ1v) is 7.12. The molecule has 2 rings (SSSR count). The second-order valence-corrected chi connectivity index (χ2v) is 5.66. The van der Waals surface area contributed by atoms with E-state index in [1.165, 1.54) is 0 Å². The van der Waals surface area contributed by atoms with E-state index in [4.69, 9.17) is 5.73 Å². The van der Waals surface area contributed by atoms with E-state index >= 15 is 0 Å². The van der Waals surface area contributed by atoms with Crippen LogP contribution in [0.25, 0.3) is 0 Å². The largest absolute Gasteiger partial charge is 0.369 e. The highest BCUT2D eigenvalue weighted by Crippen LogP contribution is 2.26. The van der Waals surface area contributed by atoms with E-state index in [0.29, 0.717) is 0 Å². The van der Waals surface area contributed by atoms with Gasteiger partial charge < -0.3 is 11.1 Å².